The molecule has 0 fully saturated rings. The Hall–Kier alpha value is -0.760. The van der Waals surface area contributed by atoms with Crippen molar-refractivity contribution in [2.45, 2.75) is 6.42 Å². The standard InChI is InChI=1S/C8H11NOS.CH4O3S/c1-9-5-4-7(10)8-3-2-6-11-8;1-5(2,3)4/h2-3,6,9H,4-5H2,1H3;1H3,(H,2,3,4). The first-order valence-corrected chi connectivity index (χ1v) is 7.21. The third kappa shape index (κ3) is 9.78. The number of ketones is 1. The van der Waals surface area contributed by atoms with Gasteiger partial charge in [-0.05, 0) is 18.5 Å². The molecule has 1 rings (SSSR count). The first kappa shape index (κ1) is 15.2. The molecule has 0 aliphatic rings. The topological polar surface area (TPSA) is 83.5 Å². The Morgan fingerprint density at radius 3 is 2.50 bits per heavy atom. The molecule has 0 aliphatic heterocycles. The summed E-state index contributed by atoms with van der Waals surface area (Å²) in [6, 6.07) is 3.76. The first-order valence-electron chi connectivity index (χ1n) is 4.48. The van der Waals surface area contributed by atoms with Crippen LogP contribution in [0.25, 0.3) is 0 Å². The predicted molar refractivity (Wildman–Crippen MR) is 64.7 cm³/mol. The minimum Gasteiger partial charge on any atom is -0.319 e. The first-order chi connectivity index (χ1) is 7.34. The van der Waals surface area contributed by atoms with Crippen molar-refractivity contribution < 1.29 is 17.8 Å². The Morgan fingerprint density at radius 1 is 1.56 bits per heavy atom. The molecular weight excluding hydrogens is 250 g/mol. The third-order valence-electron chi connectivity index (χ3n) is 1.40. The molecular formula is C9H15NO4S2. The smallest absolute Gasteiger partial charge is 0.261 e. The van der Waals surface area contributed by atoms with Crippen molar-refractivity contribution in [2.75, 3.05) is 19.8 Å². The van der Waals surface area contributed by atoms with Crippen molar-refractivity contribution in [3.8, 4) is 0 Å². The number of carbonyl (C=O) groups is 1. The zero-order valence-electron chi connectivity index (χ0n) is 9.13. The van der Waals surface area contributed by atoms with E-state index in [1.165, 1.54) is 11.3 Å². The van der Waals surface area contributed by atoms with Crippen LogP contribution < -0.4 is 5.32 Å². The molecule has 1 aromatic rings. The van der Waals surface area contributed by atoms with Crippen LogP contribution in [0.15, 0.2) is 17.5 Å². The second-order valence-electron chi connectivity index (χ2n) is 2.99. The zero-order valence-corrected chi connectivity index (χ0v) is 10.8. The van der Waals surface area contributed by atoms with Gasteiger partial charge in [-0.15, -0.1) is 11.3 Å². The van der Waals surface area contributed by atoms with Gasteiger partial charge in [0.2, 0.25) is 0 Å². The Balaban J connectivity index is 0.000000385. The highest BCUT2D eigenvalue weighted by Gasteiger charge is 2.04. The number of Topliss-reactive ketones (excluding diaryl/α,β-unsaturated/α-hetero) is 1. The molecule has 16 heavy (non-hydrogen) atoms. The Kier molecular flexibility index (Phi) is 7.15. The van der Waals surface area contributed by atoms with Crippen molar-refractivity contribution in [3.05, 3.63) is 22.4 Å². The average Bonchev–Trinajstić information content (AvgIpc) is 2.64. The van der Waals surface area contributed by atoms with Crippen LogP contribution >= 0.6 is 11.3 Å². The molecule has 0 unspecified atom stereocenters. The fourth-order valence-electron chi connectivity index (χ4n) is 0.799. The molecule has 92 valence electrons. The number of thiophene rings is 1. The normalized spacial score (nSPS) is 10.4. The largest absolute Gasteiger partial charge is 0.319 e. The summed E-state index contributed by atoms with van der Waals surface area (Å²) in [5.74, 6) is 0.231. The van der Waals surface area contributed by atoms with E-state index in [2.05, 4.69) is 5.32 Å². The van der Waals surface area contributed by atoms with Crippen molar-refractivity contribution in [3.63, 3.8) is 0 Å². The van der Waals surface area contributed by atoms with Crippen LogP contribution in [0.1, 0.15) is 16.1 Å². The summed E-state index contributed by atoms with van der Waals surface area (Å²) in [6.07, 6.45) is 1.31. The number of hydrogen-bond donors (Lipinski definition) is 2. The molecule has 0 saturated carbocycles. The van der Waals surface area contributed by atoms with Gasteiger partial charge in [0.1, 0.15) is 0 Å². The van der Waals surface area contributed by atoms with Crippen LogP contribution in [0.3, 0.4) is 0 Å². The SMILES string of the molecule is CNCCC(=O)c1cccs1.CS(=O)(=O)O. The molecule has 0 atom stereocenters. The minimum absolute atomic E-state index is 0.231. The van der Waals surface area contributed by atoms with Gasteiger partial charge in [-0.1, -0.05) is 6.07 Å². The van der Waals surface area contributed by atoms with E-state index < -0.39 is 10.1 Å². The quantitative estimate of drug-likeness (QED) is 0.628. The van der Waals surface area contributed by atoms with Gasteiger partial charge in [0.15, 0.2) is 5.78 Å². The highest BCUT2D eigenvalue weighted by atomic mass is 32.2. The van der Waals surface area contributed by atoms with Crippen LogP contribution in [0, 0.1) is 0 Å². The number of nitrogens with one attached hydrogen (secondary N) is 1. The second-order valence-corrected chi connectivity index (χ2v) is 5.40. The maximum atomic E-state index is 11.2. The maximum absolute atomic E-state index is 11.2. The van der Waals surface area contributed by atoms with Crippen molar-refractivity contribution in [2.24, 2.45) is 0 Å². The van der Waals surface area contributed by atoms with Crippen LogP contribution in [0.4, 0.5) is 0 Å². The molecule has 0 aromatic carbocycles. The maximum Gasteiger partial charge on any atom is 0.261 e. The van der Waals surface area contributed by atoms with Gasteiger partial charge in [-0.2, -0.15) is 8.42 Å². The summed E-state index contributed by atoms with van der Waals surface area (Å²) in [5, 5.41) is 4.87. The average molecular weight is 265 g/mol. The molecule has 0 radical (unpaired) electrons. The second kappa shape index (κ2) is 7.50. The lowest BCUT2D eigenvalue weighted by molar-refractivity contribution is 0.0987. The summed E-state index contributed by atoms with van der Waals surface area (Å²) >= 11 is 1.50. The van der Waals surface area contributed by atoms with Crippen molar-refractivity contribution in [1.82, 2.24) is 5.32 Å². The molecule has 2 N–H and O–H groups in total. The van der Waals surface area contributed by atoms with E-state index in [0.29, 0.717) is 12.7 Å². The molecule has 7 heteroatoms. The van der Waals surface area contributed by atoms with Gasteiger partial charge in [-0.3, -0.25) is 9.35 Å². The van der Waals surface area contributed by atoms with Gasteiger partial charge >= 0.3 is 0 Å². The Bertz CT molecular complexity index is 389. The summed E-state index contributed by atoms with van der Waals surface area (Å²) < 4.78 is 25.9. The van der Waals surface area contributed by atoms with Crippen LogP contribution in [-0.4, -0.2) is 38.6 Å². The predicted octanol–water partition coefficient (Wildman–Crippen LogP) is 1.04. The molecule has 1 aromatic heterocycles. The van der Waals surface area contributed by atoms with E-state index in [0.717, 1.165) is 11.4 Å². The molecule has 0 aliphatic carbocycles. The molecule has 5 nitrogen and oxygen atoms in total. The van der Waals surface area contributed by atoms with Crippen LogP contribution in [0.2, 0.25) is 0 Å². The summed E-state index contributed by atoms with van der Waals surface area (Å²) in [5.41, 5.74) is 0. The summed E-state index contributed by atoms with van der Waals surface area (Å²) in [4.78, 5) is 12.1. The zero-order chi connectivity index (χ0) is 12.6. The lowest BCUT2D eigenvalue weighted by Crippen LogP contribution is -2.12. The van der Waals surface area contributed by atoms with Gasteiger partial charge in [-0.25, -0.2) is 0 Å². The Morgan fingerprint density at radius 2 is 2.12 bits per heavy atom. The monoisotopic (exact) mass is 265 g/mol. The number of hydrogen-bond acceptors (Lipinski definition) is 5. The van der Waals surface area contributed by atoms with E-state index >= 15 is 0 Å². The van der Waals surface area contributed by atoms with Gasteiger partial charge < -0.3 is 5.32 Å². The fourth-order valence-corrected chi connectivity index (χ4v) is 1.49. The Labute approximate surface area is 99.2 Å². The molecule has 0 bridgehead atoms. The van der Waals surface area contributed by atoms with Gasteiger partial charge in [0.05, 0.1) is 11.1 Å². The van der Waals surface area contributed by atoms with E-state index in [-0.39, 0.29) is 5.78 Å². The molecule has 0 saturated heterocycles. The highest BCUT2D eigenvalue weighted by molar-refractivity contribution is 7.85. The minimum atomic E-state index is -3.67. The molecule has 0 amide bonds. The van der Waals surface area contributed by atoms with E-state index in [4.69, 9.17) is 4.55 Å². The third-order valence-corrected chi connectivity index (χ3v) is 2.31. The molecule has 1 heterocycles. The van der Waals surface area contributed by atoms with Gasteiger partial charge in [0, 0.05) is 13.0 Å². The number of rotatable bonds is 4. The lowest BCUT2D eigenvalue weighted by atomic mass is 10.2. The lowest BCUT2D eigenvalue weighted by Gasteiger charge is -1.95. The summed E-state index contributed by atoms with van der Waals surface area (Å²) in [6.45, 7) is 0.761. The molecule has 0 spiro atoms. The summed E-state index contributed by atoms with van der Waals surface area (Å²) in [7, 11) is -1.82. The van der Waals surface area contributed by atoms with E-state index in [1.807, 2.05) is 24.6 Å². The van der Waals surface area contributed by atoms with Crippen molar-refractivity contribution in [1.29, 1.82) is 0 Å². The number of carbonyl (C=O) groups excluding carboxylic acids is 1. The van der Waals surface area contributed by atoms with Crippen LogP contribution in [0.5, 0.6) is 0 Å². The van der Waals surface area contributed by atoms with E-state index in [1.54, 1.807) is 0 Å². The van der Waals surface area contributed by atoms with Gasteiger partial charge in [0.25, 0.3) is 10.1 Å². The van der Waals surface area contributed by atoms with Crippen molar-refractivity contribution >= 4 is 27.2 Å². The van der Waals surface area contributed by atoms with Crippen LogP contribution in [-0.2, 0) is 10.1 Å². The highest BCUT2D eigenvalue weighted by Crippen LogP contribution is 2.10. The fraction of sp³-hybridized carbons (Fsp3) is 0.444. The van der Waals surface area contributed by atoms with E-state index in [9.17, 15) is 13.2 Å².